The van der Waals surface area contributed by atoms with Crippen LogP contribution < -0.4 is 20.4 Å². The Bertz CT molecular complexity index is 1930. The summed E-state index contributed by atoms with van der Waals surface area (Å²) in [6, 6.07) is 26.3. The van der Waals surface area contributed by atoms with Crippen LogP contribution in [0.3, 0.4) is 0 Å². The van der Waals surface area contributed by atoms with Gasteiger partial charge >= 0.3 is 21.7 Å². The van der Waals surface area contributed by atoms with Gasteiger partial charge in [-0.25, -0.2) is 0 Å². The van der Waals surface area contributed by atoms with Crippen LogP contribution in [-0.4, -0.2) is 42.2 Å². The molecule has 0 aliphatic rings. The Hall–Kier alpha value is -4.09. The summed E-state index contributed by atoms with van der Waals surface area (Å²) >= 11 is 0. The molecule has 0 fully saturated rings. The van der Waals surface area contributed by atoms with Gasteiger partial charge in [-0.2, -0.15) is 9.59 Å². The van der Waals surface area contributed by atoms with Gasteiger partial charge in [-0.15, -0.1) is 32.6 Å². The number of hydrogen-bond acceptors (Lipinski definition) is 8. The summed E-state index contributed by atoms with van der Waals surface area (Å²) in [5.74, 6) is -0.128. The van der Waals surface area contributed by atoms with Crippen molar-refractivity contribution in [3.8, 4) is 22.9 Å². The minimum atomic E-state index is -0.417. The molecule has 304 valence electrons. The monoisotopic (exact) mass is 810 g/mol. The van der Waals surface area contributed by atoms with E-state index < -0.39 is 12.2 Å². The normalized spacial score (nSPS) is 12.0. The number of fused-ring (bicyclic) bond motifs is 2. The van der Waals surface area contributed by atoms with Gasteiger partial charge in [0.25, 0.3) is 0 Å². The van der Waals surface area contributed by atoms with Crippen molar-refractivity contribution in [2.45, 2.75) is 133 Å². The van der Waals surface area contributed by atoms with Gasteiger partial charge in [-0.3, -0.25) is 0 Å². The van der Waals surface area contributed by atoms with E-state index >= 15 is 0 Å². The van der Waals surface area contributed by atoms with Gasteiger partial charge in [0.05, 0.1) is 11.4 Å². The summed E-state index contributed by atoms with van der Waals surface area (Å²) in [7, 11) is 0. The second-order valence-electron chi connectivity index (χ2n) is 18.7. The third kappa shape index (κ3) is 15.3. The maximum atomic E-state index is 12.4. The van der Waals surface area contributed by atoms with Crippen molar-refractivity contribution in [1.29, 1.82) is 0 Å². The molecule has 0 unspecified atom stereocenters. The Balaban J connectivity index is 0.000000327. The summed E-state index contributed by atoms with van der Waals surface area (Å²) in [6.45, 7) is 28.7. The molecule has 0 atom stereocenters. The van der Waals surface area contributed by atoms with Gasteiger partial charge in [0, 0.05) is 0 Å². The average molecular weight is 811 g/mol. The first-order valence-corrected chi connectivity index (χ1v) is 19.4. The second-order valence-corrected chi connectivity index (χ2v) is 18.7. The molecule has 6 rings (SSSR count). The predicted molar refractivity (Wildman–Crippen MR) is 221 cm³/mol. The summed E-state index contributed by atoms with van der Waals surface area (Å²) in [4.78, 5) is 2.92. The van der Waals surface area contributed by atoms with Gasteiger partial charge in [0.15, 0.2) is 0 Å². The number of hydrogen-bond donors (Lipinski definition) is 0. The van der Waals surface area contributed by atoms with Crippen LogP contribution in [0, 0.1) is 10.8 Å². The maximum Gasteiger partial charge on any atom is 4.00 e. The standard InChI is InChI=1S/2C20H25N3O.2C3H7O.Ti/c2*1-19(2,3)13-20(4,5)14-10-11-18(24)17(12-14)23-21-15-8-6-7-9-16(15)22-23;2*1-3(2)4;/h2*6-12,24H,13H2,1-5H3;2*3H,1-2H3;/q;;2*-1;+4/p-2. The van der Waals surface area contributed by atoms with Gasteiger partial charge < -0.3 is 20.4 Å². The van der Waals surface area contributed by atoms with Crippen LogP contribution in [-0.2, 0) is 32.5 Å². The van der Waals surface area contributed by atoms with E-state index in [0.717, 1.165) is 46.0 Å². The molecule has 57 heavy (non-hydrogen) atoms. The summed E-state index contributed by atoms with van der Waals surface area (Å²) in [6.07, 6.45) is 1.21. The number of nitrogens with zero attached hydrogens (tertiary/aromatic N) is 6. The van der Waals surface area contributed by atoms with E-state index in [1.165, 1.54) is 9.59 Å². The zero-order valence-electron chi connectivity index (χ0n) is 36.5. The summed E-state index contributed by atoms with van der Waals surface area (Å²) < 4.78 is 0. The van der Waals surface area contributed by atoms with Gasteiger partial charge in [-0.05, 0) is 82.0 Å². The Morgan fingerprint density at radius 2 is 0.719 bits per heavy atom. The number of aromatic nitrogens is 6. The third-order valence-electron chi connectivity index (χ3n) is 8.43. The van der Waals surface area contributed by atoms with E-state index in [0.29, 0.717) is 11.4 Å². The molecular formula is C46H62N6O4Ti. The van der Waals surface area contributed by atoms with E-state index in [1.54, 1.807) is 39.8 Å². The van der Waals surface area contributed by atoms with Crippen molar-refractivity contribution in [1.82, 2.24) is 30.0 Å². The molecule has 0 aliphatic carbocycles. The molecule has 2 heterocycles. The van der Waals surface area contributed by atoms with E-state index in [-0.39, 0.29) is 54.9 Å². The molecule has 0 bridgehead atoms. The van der Waals surface area contributed by atoms with Gasteiger partial charge in [0.1, 0.15) is 22.1 Å². The van der Waals surface area contributed by atoms with Crippen LogP contribution in [0.25, 0.3) is 33.4 Å². The van der Waals surface area contributed by atoms with Crippen molar-refractivity contribution in [2.24, 2.45) is 10.8 Å². The van der Waals surface area contributed by atoms with Crippen molar-refractivity contribution < 1.29 is 42.1 Å². The Labute approximate surface area is 355 Å². The second kappa shape index (κ2) is 20.1. The number of rotatable bonds is 6. The minimum absolute atomic E-state index is 0. The van der Waals surface area contributed by atoms with E-state index in [4.69, 9.17) is 0 Å². The average Bonchev–Trinajstić information content (AvgIpc) is 3.67. The quantitative estimate of drug-likeness (QED) is 0.154. The molecule has 11 heteroatoms. The molecule has 0 amide bonds. The van der Waals surface area contributed by atoms with Gasteiger partial charge in [0.2, 0.25) is 0 Å². The molecular weight excluding hydrogens is 748 g/mol. The smallest absolute Gasteiger partial charge is 0.871 e. The molecule has 0 spiro atoms. The van der Waals surface area contributed by atoms with Crippen molar-refractivity contribution >= 4 is 22.1 Å². The van der Waals surface area contributed by atoms with E-state index in [2.05, 4.69) is 89.6 Å². The number of benzene rings is 4. The molecule has 0 radical (unpaired) electrons. The zero-order chi connectivity index (χ0) is 42.2. The molecule has 0 saturated carbocycles. The van der Waals surface area contributed by atoms with Crippen LogP contribution in [0.1, 0.15) is 121 Å². The fourth-order valence-electron chi connectivity index (χ4n) is 6.98. The van der Waals surface area contributed by atoms with Crippen LogP contribution in [0.15, 0.2) is 84.9 Å². The molecule has 6 aromatic rings. The molecule has 10 nitrogen and oxygen atoms in total. The van der Waals surface area contributed by atoms with Crippen molar-refractivity contribution in [3.05, 3.63) is 96.1 Å². The Morgan fingerprint density at radius 3 is 0.947 bits per heavy atom. The summed E-state index contributed by atoms with van der Waals surface area (Å²) in [5, 5.41) is 61.6. The zero-order valence-corrected chi connectivity index (χ0v) is 38.0. The topological polar surface area (TPSA) is 154 Å². The fraction of sp³-hybridized carbons (Fsp3) is 0.478. The molecule has 4 aromatic carbocycles. The Kier molecular flexibility index (Phi) is 17.3. The fourth-order valence-corrected chi connectivity index (χ4v) is 6.98. The van der Waals surface area contributed by atoms with Crippen LogP contribution in [0.2, 0.25) is 0 Å². The van der Waals surface area contributed by atoms with Gasteiger partial charge in [-0.1, -0.05) is 157 Å². The molecule has 0 N–H and O–H groups in total. The maximum absolute atomic E-state index is 12.4. The van der Waals surface area contributed by atoms with Crippen molar-refractivity contribution in [2.75, 3.05) is 0 Å². The third-order valence-corrected chi connectivity index (χ3v) is 8.43. The molecule has 0 aliphatic heterocycles. The summed E-state index contributed by atoms with van der Waals surface area (Å²) in [5.41, 5.74) is 6.77. The Morgan fingerprint density at radius 1 is 0.474 bits per heavy atom. The molecule has 2 aromatic heterocycles. The van der Waals surface area contributed by atoms with Crippen LogP contribution in [0.5, 0.6) is 11.5 Å². The van der Waals surface area contributed by atoms with Crippen LogP contribution in [0.4, 0.5) is 0 Å². The first-order chi connectivity index (χ1) is 25.8. The van der Waals surface area contributed by atoms with E-state index in [1.807, 2.05) is 72.8 Å². The SMILES string of the molecule is CC(C)(C)CC(C)(C)c1ccc([O-])c(-n2nc3ccccc3n2)c1.CC(C)(C)CC(C)(C)c1ccc([O-])c(-n2nc3ccccc3n2)c1.CC(C)[O-].CC(C)[O-].[Ti+4]. The molecule has 0 saturated heterocycles. The van der Waals surface area contributed by atoms with Crippen LogP contribution >= 0.6 is 0 Å². The first kappa shape index (κ1) is 49.1. The minimum Gasteiger partial charge on any atom is -0.871 e. The van der Waals surface area contributed by atoms with Crippen molar-refractivity contribution in [3.63, 3.8) is 0 Å². The predicted octanol–water partition coefficient (Wildman–Crippen LogP) is 7.92. The first-order valence-electron chi connectivity index (χ1n) is 19.4. The largest absolute Gasteiger partial charge is 4.00 e. The van der Waals surface area contributed by atoms with E-state index in [9.17, 15) is 20.4 Å².